The molecular weight excluding hydrogens is 226 g/mol. The minimum Gasteiger partial charge on any atom is -0.296 e. The molecule has 3 rings (SSSR count). The SMILES string of the molecule is Cc1ccccc1Cn1nnc(C=O)c1C1CC1. The molecular formula is C14H15N3O. The lowest BCUT2D eigenvalue weighted by molar-refractivity contribution is 0.111. The minimum atomic E-state index is 0.476. The number of aromatic nitrogens is 3. The molecule has 92 valence electrons. The van der Waals surface area contributed by atoms with Crippen LogP contribution in [0.25, 0.3) is 0 Å². The highest BCUT2D eigenvalue weighted by molar-refractivity contribution is 5.73. The maximum Gasteiger partial charge on any atom is 0.172 e. The quantitative estimate of drug-likeness (QED) is 0.772. The minimum absolute atomic E-state index is 0.476. The Morgan fingerprint density at radius 2 is 2.17 bits per heavy atom. The molecule has 4 nitrogen and oxygen atoms in total. The van der Waals surface area contributed by atoms with E-state index in [1.165, 1.54) is 11.1 Å². The van der Waals surface area contributed by atoms with Gasteiger partial charge in [0.2, 0.25) is 0 Å². The highest BCUT2D eigenvalue weighted by Crippen LogP contribution is 2.40. The van der Waals surface area contributed by atoms with Crippen LogP contribution in [0, 0.1) is 6.92 Å². The van der Waals surface area contributed by atoms with Gasteiger partial charge in [0.05, 0.1) is 12.2 Å². The van der Waals surface area contributed by atoms with E-state index >= 15 is 0 Å². The summed E-state index contributed by atoms with van der Waals surface area (Å²) >= 11 is 0. The van der Waals surface area contributed by atoms with Crippen LogP contribution in [0.4, 0.5) is 0 Å². The first-order valence-corrected chi connectivity index (χ1v) is 6.22. The summed E-state index contributed by atoms with van der Waals surface area (Å²) in [5.41, 5.74) is 3.98. The number of carbonyl (C=O) groups excluding carboxylic acids is 1. The maximum atomic E-state index is 11.0. The van der Waals surface area contributed by atoms with E-state index in [-0.39, 0.29) is 0 Å². The molecule has 1 aliphatic carbocycles. The molecule has 0 amide bonds. The van der Waals surface area contributed by atoms with Gasteiger partial charge in [-0.15, -0.1) is 5.10 Å². The molecule has 0 unspecified atom stereocenters. The fraction of sp³-hybridized carbons (Fsp3) is 0.357. The molecule has 0 saturated heterocycles. The van der Waals surface area contributed by atoms with Crippen LogP contribution in [0.3, 0.4) is 0 Å². The van der Waals surface area contributed by atoms with Crippen molar-refractivity contribution in [3.05, 3.63) is 46.8 Å². The van der Waals surface area contributed by atoms with Crippen LogP contribution in [0.5, 0.6) is 0 Å². The van der Waals surface area contributed by atoms with Crippen LogP contribution in [-0.2, 0) is 6.54 Å². The van der Waals surface area contributed by atoms with Gasteiger partial charge in [-0.2, -0.15) is 0 Å². The van der Waals surface area contributed by atoms with Gasteiger partial charge in [-0.3, -0.25) is 4.79 Å². The molecule has 1 aromatic carbocycles. The largest absolute Gasteiger partial charge is 0.296 e. The molecule has 1 heterocycles. The van der Waals surface area contributed by atoms with Gasteiger partial charge in [-0.1, -0.05) is 29.5 Å². The lowest BCUT2D eigenvalue weighted by Crippen LogP contribution is -2.07. The summed E-state index contributed by atoms with van der Waals surface area (Å²) in [6, 6.07) is 8.23. The van der Waals surface area contributed by atoms with E-state index in [4.69, 9.17) is 0 Å². The Morgan fingerprint density at radius 1 is 1.39 bits per heavy atom. The Kier molecular flexibility index (Phi) is 2.70. The van der Waals surface area contributed by atoms with Crippen molar-refractivity contribution < 1.29 is 4.79 Å². The third-order valence-corrected chi connectivity index (χ3v) is 3.46. The average molecular weight is 241 g/mol. The van der Waals surface area contributed by atoms with Crippen molar-refractivity contribution in [1.82, 2.24) is 15.0 Å². The molecule has 0 bridgehead atoms. The molecule has 1 aromatic heterocycles. The number of hydrogen-bond acceptors (Lipinski definition) is 3. The fourth-order valence-electron chi connectivity index (χ4n) is 2.26. The molecule has 0 N–H and O–H groups in total. The molecule has 1 fully saturated rings. The van der Waals surface area contributed by atoms with Crippen LogP contribution in [-0.4, -0.2) is 21.3 Å². The predicted molar refractivity (Wildman–Crippen MR) is 67.7 cm³/mol. The zero-order valence-electron chi connectivity index (χ0n) is 10.3. The fourth-order valence-corrected chi connectivity index (χ4v) is 2.26. The number of benzene rings is 1. The van der Waals surface area contributed by atoms with Gasteiger partial charge in [0, 0.05) is 5.92 Å². The van der Waals surface area contributed by atoms with E-state index < -0.39 is 0 Å². The summed E-state index contributed by atoms with van der Waals surface area (Å²) in [5, 5.41) is 8.09. The van der Waals surface area contributed by atoms with E-state index in [1.807, 2.05) is 16.8 Å². The van der Waals surface area contributed by atoms with Gasteiger partial charge >= 0.3 is 0 Å². The zero-order chi connectivity index (χ0) is 12.5. The van der Waals surface area contributed by atoms with E-state index in [0.29, 0.717) is 18.2 Å². The molecule has 0 atom stereocenters. The number of rotatable bonds is 4. The topological polar surface area (TPSA) is 47.8 Å². The second-order valence-electron chi connectivity index (χ2n) is 4.84. The Balaban J connectivity index is 1.95. The van der Waals surface area contributed by atoms with Gasteiger partial charge in [0.25, 0.3) is 0 Å². The summed E-state index contributed by atoms with van der Waals surface area (Å²) in [7, 11) is 0. The highest BCUT2D eigenvalue weighted by atomic mass is 16.1. The molecule has 0 aliphatic heterocycles. The molecule has 4 heteroatoms. The van der Waals surface area contributed by atoms with Gasteiger partial charge in [-0.25, -0.2) is 4.68 Å². The van der Waals surface area contributed by atoms with Gasteiger partial charge in [-0.05, 0) is 30.9 Å². The maximum absolute atomic E-state index is 11.0. The van der Waals surface area contributed by atoms with Crippen molar-refractivity contribution in [2.24, 2.45) is 0 Å². The van der Waals surface area contributed by atoms with E-state index in [0.717, 1.165) is 24.8 Å². The molecule has 0 radical (unpaired) electrons. The second kappa shape index (κ2) is 4.37. The number of aryl methyl sites for hydroxylation is 1. The summed E-state index contributed by atoms with van der Waals surface area (Å²) in [4.78, 5) is 11.0. The Hall–Kier alpha value is -1.97. The number of hydrogen-bond donors (Lipinski definition) is 0. The highest BCUT2D eigenvalue weighted by Gasteiger charge is 2.31. The Bertz CT molecular complexity index is 584. The van der Waals surface area contributed by atoms with Crippen LogP contribution in [0.1, 0.15) is 46.1 Å². The van der Waals surface area contributed by atoms with Crippen molar-refractivity contribution in [3.8, 4) is 0 Å². The third kappa shape index (κ3) is 1.94. The lowest BCUT2D eigenvalue weighted by Gasteiger charge is -2.08. The van der Waals surface area contributed by atoms with Crippen LogP contribution < -0.4 is 0 Å². The third-order valence-electron chi connectivity index (χ3n) is 3.46. The first kappa shape index (κ1) is 11.1. The first-order valence-electron chi connectivity index (χ1n) is 6.22. The second-order valence-corrected chi connectivity index (χ2v) is 4.84. The predicted octanol–water partition coefficient (Wildman–Crippen LogP) is 2.32. The van der Waals surface area contributed by atoms with Crippen molar-refractivity contribution in [2.45, 2.75) is 32.2 Å². The molecule has 1 saturated carbocycles. The van der Waals surface area contributed by atoms with Crippen molar-refractivity contribution in [3.63, 3.8) is 0 Å². The standard InChI is InChI=1S/C14H15N3O/c1-10-4-2-3-5-12(10)8-17-14(11-6-7-11)13(9-18)15-16-17/h2-5,9,11H,6-8H2,1H3. The van der Waals surface area contributed by atoms with Crippen molar-refractivity contribution in [2.75, 3.05) is 0 Å². The Morgan fingerprint density at radius 3 is 2.83 bits per heavy atom. The normalized spacial score (nSPS) is 14.7. The van der Waals surface area contributed by atoms with Crippen LogP contribution in [0.15, 0.2) is 24.3 Å². The van der Waals surface area contributed by atoms with E-state index in [9.17, 15) is 4.79 Å². The molecule has 2 aromatic rings. The average Bonchev–Trinajstić information content (AvgIpc) is 3.14. The summed E-state index contributed by atoms with van der Waals surface area (Å²) in [5.74, 6) is 0.476. The molecule has 18 heavy (non-hydrogen) atoms. The van der Waals surface area contributed by atoms with Gasteiger partial charge < -0.3 is 0 Å². The van der Waals surface area contributed by atoms with Crippen LogP contribution >= 0.6 is 0 Å². The van der Waals surface area contributed by atoms with E-state index in [1.54, 1.807) is 0 Å². The molecule has 0 spiro atoms. The van der Waals surface area contributed by atoms with Crippen molar-refractivity contribution in [1.29, 1.82) is 0 Å². The number of nitrogens with zero attached hydrogens (tertiary/aromatic N) is 3. The van der Waals surface area contributed by atoms with Gasteiger partial charge in [0.1, 0.15) is 5.69 Å². The Labute approximate surface area is 106 Å². The van der Waals surface area contributed by atoms with Crippen molar-refractivity contribution >= 4 is 6.29 Å². The number of carbonyl (C=O) groups is 1. The lowest BCUT2D eigenvalue weighted by atomic mass is 10.1. The smallest absolute Gasteiger partial charge is 0.172 e. The summed E-state index contributed by atoms with van der Waals surface area (Å²) < 4.78 is 1.88. The first-order chi connectivity index (χ1) is 8.79. The number of aldehydes is 1. The zero-order valence-corrected chi connectivity index (χ0v) is 10.3. The summed E-state index contributed by atoms with van der Waals surface area (Å²) in [6.07, 6.45) is 3.10. The van der Waals surface area contributed by atoms with Gasteiger partial charge in [0.15, 0.2) is 6.29 Å². The monoisotopic (exact) mass is 241 g/mol. The van der Waals surface area contributed by atoms with E-state index in [2.05, 4.69) is 29.4 Å². The summed E-state index contributed by atoms with van der Waals surface area (Å²) in [6.45, 7) is 2.78. The molecule has 1 aliphatic rings. The van der Waals surface area contributed by atoms with Crippen LogP contribution in [0.2, 0.25) is 0 Å².